The molecule has 2 rings (SSSR count). The van der Waals surface area contributed by atoms with Crippen LogP contribution in [-0.4, -0.2) is 40.5 Å². The second-order valence-corrected chi connectivity index (χ2v) is 4.18. The Labute approximate surface area is 80.7 Å². The maximum absolute atomic E-state index is 12.8. The molecular weight excluding hydrogens is 192 g/mol. The monoisotopic (exact) mass is 205 g/mol. The van der Waals surface area contributed by atoms with Gasteiger partial charge in [0.2, 0.25) is 0 Å². The molecule has 3 nitrogen and oxygen atoms in total. The molecule has 0 atom stereocenters. The Morgan fingerprint density at radius 2 is 1.64 bits per heavy atom. The van der Waals surface area contributed by atoms with Crippen LogP contribution in [0.2, 0.25) is 0 Å². The Balaban J connectivity index is 1.99. The van der Waals surface area contributed by atoms with Crippen LogP contribution in [0.15, 0.2) is 0 Å². The molecule has 2 fully saturated rings. The Morgan fingerprint density at radius 3 is 2.00 bits per heavy atom. The molecule has 1 heterocycles. The maximum Gasteiger partial charge on any atom is 0.324 e. The summed E-state index contributed by atoms with van der Waals surface area (Å²) in [6.07, 6.45) is 0.797. The lowest BCUT2D eigenvalue weighted by molar-refractivity contribution is -0.148. The average molecular weight is 205 g/mol. The number of aliphatic carboxylic acids is 1. The molecule has 1 saturated carbocycles. The lowest BCUT2D eigenvalue weighted by atomic mass is 10.0. The first-order chi connectivity index (χ1) is 6.46. The third-order valence-corrected chi connectivity index (χ3v) is 3.22. The van der Waals surface area contributed by atoms with Crippen molar-refractivity contribution in [2.24, 2.45) is 0 Å². The Bertz CT molecular complexity index is 254. The van der Waals surface area contributed by atoms with E-state index in [1.807, 2.05) is 0 Å². The molecule has 0 amide bonds. The minimum Gasteiger partial charge on any atom is -0.480 e. The smallest absolute Gasteiger partial charge is 0.324 e. The quantitative estimate of drug-likeness (QED) is 0.739. The van der Waals surface area contributed by atoms with Gasteiger partial charge in [0.15, 0.2) is 0 Å². The molecule has 1 aliphatic heterocycles. The number of nitrogens with zero attached hydrogens (tertiary/aromatic N) is 1. The summed E-state index contributed by atoms with van der Waals surface area (Å²) in [5.41, 5.74) is -0.795. The molecule has 0 spiro atoms. The van der Waals surface area contributed by atoms with E-state index in [2.05, 4.69) is 0 Å². The lowest BCUT2D eigenvalue weighted by Crippen LogP contribution is -2.50. The number of alkyl halides is 2. The average Bonchev–Trinajstić information content (AvgIpc) is 2.84. The van der Waals surface area contributed by atoms with Gasteiger partial charge in [-0.15, -0.1) is 0 Å². The van der Waals surface area contributed by atoms with Gasteiger partial charge in [0.1, 0.15) is 5.54 Å². The molecule has 0 aromatic carbocycles. The first kappa shape index (κ1) is 9.83. The molecule has 1 saturated heterocycles. The van der Waals surface area contributed by atoms with Crippen LogP contribution in [-0.2, 0) is 4.79 Å². The Morgan fingerprint density at radius 1 is 1.14 bits per heavy atom. The number of piperidine rings is 1. The van der Waals surface area contributed by atoms with Gasteiger partial charge in [0.05, 0.1) is 0 Å². The lowest BCUT2D eigenvalue weighted by Gasteiger charge is -2.35. The predicted molar refractivity (Wildman–Crippen MR) is 45.4 cm³/mol. The van der Waals surface area contributed by atoms with E-state index >= 15 is 0 Å². The van der Waals surface area contributed by atoms with Crippen LogP contribution < -0.4 is 0 Å². The summed E-state index contributed by atoms with van der Waals surface area (Å²) in [6.45, 7) is 0.415. The molecule has 0 bridgehead atoms. The summed E-state index contributed by atoms with van der Waals surface area (Å²) in [4.78, 5) is 12.6. The van der Waals surface area contributed by atoms with Gasteiger partial charge in [0.25, 0.3) is 5.92 Å². The van der Waals surface area contributed by atoms with Gasteiger partial charge in [0, 0.05) is 25.9 Å². The molecule has 80 valence electrons. The number of carboxylic acids is 1. The zero-order chi connectivity index (χ0) is 10.4. The van der Waals surface area contributed by atoms with Gasteiger partial charge in [-0.25, -0.2) is 8.78 Å². The molecule has 1 N–H and O–H groups in total. The fourth-order valence-electron chi connectivity index (χ4n) is 2.05. The summed E-state index contributed by atoms with van der Waals surface area (Å²) in [5.74, 6) is -3.45. The van der Waals surface area contributed by atoms with Crippen molar-refractivity contribution in [1.82, 2.24) is 4.90 Å². The van der Waals surface area contributed by atoms with Gasteiger partial charge in [-0.3, -0.25) is 9.69 Å². The zero-order valence-electron chi connectivity index (χ0n) is 7.80. The second kappa shape index (κ2) is 2.89. The van der Waals surface area contributed by atoms with E-state index in [0.29, 0.717) is 12.8 Å². The van der Waals surface area contributed by atoms with Gasteiger partial charge >= 0.3 is 5.97 Å². The third kappa shape index (κ3) is 1.49. The van der Waals surface area contributed by atoms with Crippen molar-refractivity contribution < 1.29 is 18.7 Å². The largest absolute Gasteiger partial charge is 0.480 e. The van der Waals surface area contributed by atoms with Gasteiger partial charge in [-0.05, 0) is 12.8 Å². The number of halogens is 2. The molecule has 0 aromatic rings. The van der Waals surface area contributed by atoms with Crippen molar-refractivity contribution in [3.05, 3.63) is 0 Å². The van der Waals surface area contributed by atoms with E-state index in [1.54, 1.807) is 4.90 Å². The molecule has 14 heavy (non-hydrogen) atoms. The third-order valence-electron chi connectivity index (χ3n) is 3.22. The normalized spacial score (nSPS) is 29.9. The summed E-state index contributed by atoms with van der Waals surface area (Å²) in [7, 11) is 0. The number of likely N-dealkylation sites (tertiary alicyclic amines) is 1. The minimum absolute atomic E-state index is 0.206. The van der Waals surface area contributed by atoms with Crippen molar-refractivity contribution in [2.45, 2.75) is 37.1 Å². The van der Waals surface area contributed by atoms with Crippen molar-refractivity contribution >= 4 is 5.97 Å². The van der Waals surface area contributed by atoms with Crippen LogP contribution in [0.1, 0.15) is 25.7 Å². The van der Waals surface area contributed by atoms with E-state index in [0.717, 1.165) is 0 Å². The molecular formula is C9H13F2NO2. The number of hydrogen-bond acceptors (Lipinski definition) is 2. The summed E-state index contributed by atoms with van der Waals surface area (Å²) >= 11 is 0. The number of carboxylic acid groups (broad SMARTS) is 1. The van der Waals surface area contributed by atoms with Crippen molar-refractivity contribution in [3.8, 4) is 0 Å². The summed E-state index contributed by atoms with van der Waals surface area (Å²) in [6, 6.07) is 0. The fourth-order valence-corrected chi connectivity index (χ4v) is 2.05. The van der Waals surface area contributed by atoms with Crippen LogP contribution in [0.25, 0.3) is 0 Å². The molecule has 2 aliphatic rings. The topological polar surface area (TPSA) is 40.5 Å². The maximum atomic E-state index is 12.8. The highest BCUT2D eigenvalue weighted by Gasteiger charge is 2.56. The first-order valence-corrected chi connectivity index (χ1v) is 4.83. The van der Waals surface area contributed by atoms with E-state index in [-0.39, 0.29) is 25.9 Å². The SMILES string of the molecule is O=C(O)C1(N2CCC(F)(F)CC2)CC1. The Kier molecular flexibility index (Phi) is 2.03. The van der Waals surface area contributed by atoms with Crippen LogP contribution in [0, 0.1) is 0 Å². The van der Waals surface area contributed by atoms with E-state index in [9.17, 15) is 13.6 Å². The highest BCUT2D eigenvalue weighted by molar-refractivity contribution is 5.82. The molecule has 1 aliphatic carbocycles. The number of carbonyl (C=O) groups is 1. The van der Waals surface area contributed by atoms with Gasteiger partial charge in [-0.2, -0.15) is 0 Å². The number of hydrogen-bond donors (Lipinski definition) is 1. The fraction of sp³-hybridized carbons (Fsp3) is 0.889. The van der Waals surface area contributed by atoms with Crippen LogP contribution >= 0.6 is 0 Å². The molecule has 0 aromatic heterocycles. The molecule has 5 heteroatoms. The summed E-state index contributed by atoms with van der Waals surface area (Å²) in [5, 5.41) is 8.96. The minimum atomic E-state index is -2.59. The van der Waals surface area contributed by atoms with Crippen molar-refractivity contribution in [2.75, 3.05) is 13.1 Å². The van der Waals surface area contributed by atoms with E-state index in [1.165, 1.54) is 0 Å². The Hall–Kier alpha value is -0.710. The highest BCUT2D eigenvalue weighted by atomic mass is 19.3. The van der Waals surface area contributed by atoms with Crippen molar-refractivity contribution in [3.63, 3.8) is 0 Å². The number of rotatable bonds is 2. The predicted octanol–water partition coefficient (Wildman–Crippen LogP) is 1.33. The first-order valence-electron chi connectivity index (χ1n) is 4.83. The zero-order valence-corrected chi connectivity index (χ0v) is 7.80. The standard InChI is InChI=1S/C9H13F2NO2/c10-9(11)3-5-12(6-4-9)8(1-2-8)7(13)14/h1-6H2,(H,13,14). The van der Waals surface area contributed by atoms with Crippen molar-refractivity contribution in [1.29, 1.82) is 0 Å². The van der Waals surface area contributed by atoms with Crippen LogP contribution in [0.4, 0.5) is 8.78 Å². The van der Waals surface area contributed by atoms with Gasteiger partial charge in [-0.1, -0.05) is 0 Å². The highest BCUT2D eigenvalue weighted by Crippen LogP contribution is 2.44. The van der Waals surface area contributed by atoms with Crippen LogP contribution in [0.3, 0.4) is 0 Å². The molecule has 0 radical (unpaired) electrons. The molecule has 0 unspecified atom stereocenters. The second-order valence-electron chi connectivity index (χ2n) is 4.18. The van der Waals surface area contributed by atoms with Crippen LogP contribution in [0.5, 0.6) is 0 Å². The van der Waals surface area contributed by atoms with Gasteiger partial charge < -0.3 is 5.11 Å². The van der Waals surface area contributed by atoms with E-state index in [4.69, 9.17) is 5.11 Å². The van der Waals surface area contributed by atoms with E-state index < -0.39 is 17.4 Å². The summed E-state index contributed by atoms with van der Waals surface area (Å²) < 4.78 is 25.6.